The van der Waals surface area contributed by atoms with Crippen LogP contribution >= 0.6 is 11.8 Å². The molecule has 1 unspecified atom stereocenters. The molecule has 1 N–H and O–H groups in total. The molecule has 0 fully saturated rings. The average molecular weight is 447 g/mol. The molecule has 164 valence electrons. The summed E-state index contributed by atoms with van der Waals surface area (Å²) in [5.74, 6) is 1.51. The molecule has 0 saturated carbocycles. The summed E-state index contributed by atoms with van der Waals surface area (Å²) in [6.45, 7) is 2.08. The van der Waals surface area contributed by atoms with Crippen LogP contribution < -0.4 is 5.32 Å². The Bertz CT molecular complexity index is 1280. The number of aromatic nitrogens is 5. The number of hydrogen-bond donors (Lipinski definition) is 1. The summed E-state index contributed by atoms with van der Waals surface area (Å²) in [6.07, 6.45) is 7.64. The van der Waals surface area contributed by atoms with Gasteiger partial charge in [0.05, 0.1) is 11.7 Å². The summed E-state index contributed by atoms with van der Waals surface area (Å²) in [6, 6.07) is 13.7. The number of aryl methyl sites for hydroxylation is 1. The van der Waals surface area contributed by atoms with Crippen molar-refractivity contribution >= 4 is 23.3 Å². The molecule has 3 heterocycles. The number of nitrogens with zero attached hydrogens (tertiary/aromatic N) is 5. The number of benzene rings is 1. The van der Waals surface area contributed by atoms with Crippen molar-refractivity contribution in [3.8, 4) is 5.69 Å². The molecule has 0 spiro atoms. The SMILES string of the molecule is CSCCC(NC(=O)c1nn(-c2ccccc2C)c2c1CCC2)c1nnc2ccccn12. The molecule has 7 nitrogen and oxygen atoms in total. The molecule has 1 aliphatic carbocycles. The van der Waals surface area contributed by atoms with E-state index in [1.54, 1.807) is 11.8 Å². The van der Waals surface area contributed by atoms with Gasteiger partial charge in [-0.15, -0.1) is 10.2 Å². The zero-order chi connectivity index (χ0) is 22.1. The number of carbonyl (C=O) groups excluding carboxylic acids is 1. The number of para-hydroxylation sites is 1. The first kappa shape index (κ1) is 20.8. The van der Waals surface area contributed by atoms with Crippen LogP contribution in [0.15, 0.2) is 48.7 Å². The van der Waals surface area contributed by atoms with Crippen LogP contribution in [0.5, 0.6) is 0 Å². The lowest BCUT2D eigenvalue weighted by Crippen LogP contribution is -2.31. The summed E-state index contributed by atoms with van der Waals surface area (Å²) >= 11 is 1.75. The van der Waals surface area contributed by atoms with Crippen LogP contribution in [0.25, 0.3) is 11.3 Å². The van der Waals surface area contributed by atoms with Crippen molar-refractivity contribution in [2.24, 2.45) is 0 Å². The van der Waals surface area contributed by atoms with Crippen LogP contribution in [0.1, 0.15) is 52.0 Å². The summed E-state index contributed by atoms with van der Waals surface area (Å²) in [7, 11) is 0. The van der Waals surface area contributed by atoms with E-state index in [9.17, 15) is 4.79 Å². The molecule has 0 radical (unpaired) electrons. The second-order valence-electron chi connectivity index (χ2n) is 8.12. The van der Waals surface area contributed by atoms with E-state index < -0.39 is 0 Å². The molecule has 3 aromatic heterocycles. The number of hydrogen-bond acceptors (Lipinski definition) is 5. The van der Waals surface area contributed by atoms with E-state index in [4.69, 9.17) is 5.10 Å². The topological polar surface area (TPSA) is 77.1 Å². The molecule has 0 aliphatic heterocycles. The molecule has 1 aromatic carbocycles. The maximum absolute atomic E-state index is 13.5. The predicted molar refractivity (Wildman–Crippen MR) is 127 cm³/mol. The van der Waals surface area contributed by atoms with Crippen molar-refractivity contribution in [2.75, 3.05) is 12.0 Å². The molecular weight excluding hydrogens is 420 g/mol. The predicted octanol–water partition coefficient (Wildman–Crippen LogP) is 3.94. The maximum atomic E-state index is 13.5. The normalized spacial score (nSPS) is 13.9. The first-order valence-corrected chi connectivity index (χ1v) is 12.3. The van der Waals surface area contributed by atoms with Crippen LogP contribution in [0.3, 0.4) is 0 Å². The number of rotatable bonds is 7. The fraction of sp³-hybridized carbons (Fsp3) is 0.333. The van der Waals surface area contributed by atoms with Crippen LogP contribution in [-0.4, -0.2) is 42.3 Å². The summed E-state index contributed by atoms with van der Waals surface area (Å²) in [4.78, 5) is 13.5. The van der Waals surface area contributed by atoms with Crippen LogP contribution in [0, 0.1) is 6.92 Å². The van der Waals surface area contributed by atoms with Gasteiger partial charge in [-0.1, -0.05) is 24.3 Å². The van der Waals surface area contributed by atoms with Crippen molar-refractivity contribution in [3.05, 3.63) is 77.0 Å². The summed E-state index contributed by atoms with van der Waals surface area (Å²) < 4.78 is 3.91. The molecule has 1 amide bonds. The van der Waals surface area contributed by atoms with Gasteiger partial charge in [-0.2, -0.15) is 16.9 Å². The van der Waals surface area contributed by atoms with Crippen molar-refractivity contribution in [1.82, 2.24) is 29.7 Å². The van der Waals surface area contributed by atoms with Gasteiger partial charge in [0.2, 0.25) is 0 Å². The Kier molecular flexibility index (Phi) is 5.70. The lowest BCUT2D eigenvalue weighted by Gasteiger charge is -2.16. The first-order valence-electron chi connectivity index (χ1n) is 10.9. The zero-order valence-electron chi connectivity index (χ0n) is 18.3. The second kappa shape index (κ2) is 8.78. The molecule has 0 saturated heterocycles. The molecule has 5 rings (SSSR count). The number of fused-ring (bicyclic) bond motifs is 2. The van der Waals surface area contributed by atoms with Gasteiger partial charge in [-0.25, -0.2) is 4.68 Å². The van der Waals surface area contributed by atoms with Crippen LogP contribution in [0.2, 0.25) is 0 Å². The fourth-order valence-electron chi connectivity index (χ4n) is 4.45. The molecule has 4 aromatic rings. The van der Waals surface area contributed by atoms with Crippen LogP contribution in [-0.2, 0) is 12.8 Å². The van der Waals surface area contributed by atoms with Gasteiger partial charge in [-0.05, 0) is 68.4 Å². The van der Waals surface area contributed by atoms with E-state index in [0.29, 0.717) is 5.69 Å². The van der Waals surface area contributed by atoms with Crippen LogP contribution in [0.4, 0.5) is 0 Å². The number of amides is 1. The highest BCUT2D eigenvalue weighted by atomic mass is 32.2. The highest BCUT2D eigenvalue weighted by Crippen LogP contribution is 2.29. The maximum Gasteiger partial charge on any atom is 0.272 e. The third-order valence-corrected chi connectivity index (χ3v) is 6.70. The minimum Gasteiger partial charge on any atom is -0.341 e. The Morgan fingerprint density at radius 2 is 2.00 bits per heavy atom. The quantitative estimate of drug-likeness (QED) is 0.465. The lowest BCUT2D eigenvalue weighted by atomic mass is 10.1. The standard InChI is InChI=1S/C24H26N6OS/c1-16-8-3-4-10-19(16)30-20-11-7-9-17(20)22(28-30)24(31)25-18(13-15-32-2)23-27-26-21-12-5-6-14-29(21)23/h3-6,8,10,12,14,18H,7,9,11,13,15H2,1-2H3,(H,25,31). The lowest BCUT2D eigenvalue weighted by molar-refractivity contribution is 0.0927. The van der Waals surface area contributed by atoms with E-state index >= 15 is 0 Å². The van der Waals surface area contributed by atoms with Crippen molar-refractivity contribution in [1.29, 1.82) is 0 Å². The molecule has 8 heteroatoms. The Morgan fingerprint density at radius 3 is 2.84 bits per heavy atom. The fourth-order valence-corrected chi connectivity index (χ4v) is 4.92. The Labute approximate surface area is 191 Å². The van der Waals surface area contributed by atoms with Gasteiger partial charge in [0.15, 0.2) is 17.2 Å². The average Bonchev–Trinajstić information content (AvgIpc) is 3.52. The van der Waals surface area contributed by atoms with E-state index in [1.165, 1.54) is 0 Å². The van der Waals surface area contributed by atoms with Gasteiger partial charge in [-0.3, -0.25) is 9.20 Å². The highest BCUT2D eigenvalue weighted by molar-refractivity contribution is 7.98. The monoisotopic (exact) mass is 446 g/mol. The third-order valence-electron chi connectivity index (χ3n) is 6.06. The van der Waals surface area contributed by atoms with Gasteiger partial charge in [0, 0.05) is 17.5 Å². The molecule has 0 bridgehead atoms. The number of pyridine rings is 1. The van der Waals surface area contributed by atoms with Gasteiger partial charge < -0.3 is 5.32 Å². The Balaban J connectivity index is 1.49. The summed E-state index contributed by atoms with van der Waals surface area (Å²) in [5, 5.41) is 16.7. The van der Waals surface area contributed by atoms with Gasteiger partial charge in [0.25, 0.3) is 5.91 Å². The largest absolute Gasteiger partial charge is 0.341 e. The first-order chi connectivity index (χ1) is 15.7. The van der Waals surface area contributed by atoms with Gasteiger partial charge >= 0.3 is 0 Å². The summed E-state index contributed by atoms with van der Waals surface area (Å²) in [5.41, 5.74) is 5.70. The van der Waals surface area contributed by atoms with Crippen molar-refractivity contribution in [2.45, 2.75) is 38.6 Å². The molecule has 1 aliphatic rings. The number of nitrogens with one attached hydrogen (secondary N) is 1. The number of thioether (sulfide) groups is 1. The van der Waals surface area contributed by atoms with E-state index in [1.807, 2.05) is 45.6 Å². The Morgan fingerprint density at radius 1 is 1.16 bits per heavy atom. The molecule has 32 heavy (non-hydrogen) atoms. The molecule has 1 atom stereocenters. The van der Waals surface area contributed by atoms with Crippen molar-refractivity contribution < 1.29 is 4.79 Å². The smallest absolute Gasteiger partial charge is 0.272 e. The highest BCUT2D eigenvalue weighted by Gasteiger charge is 2.29. The Hall–Kier alpha value is -3.13. The van der Waals surface area contributed by atoms with E-state index in [-0.39, 0.29) is 11.9 Å². The molecular formula is C24H26N6OS. The van der Waals surface area contributed by atoms with E-state index in [0.717, 1.165) is 65.4 Å². The number of carbonyl (C=O) groups is 1. The zero-order valence-corrected chi connectivity index (χ0v) is 19.1. The van der Waals surface area contributed by atoms with Gasteiger partial charge in [0.1, 0.15) is 0 Å². The second-order valence-corrected chi connectivity index (χ2v) is 9.11. The van der Waals surface area contributed by atoms with E-state index in [2.05, 4.69) is 40.8 Å². The van der Waals surface area contributed by atoms with Crippen molar-refractivity contribution in [3.63, 3.8) is 0 Å². The third kappa shape index (κ3) is 3.68. The minimum atomic E-state index is -0.243. The minimum absolute atomic E-state index is 0.144.